The first-order chi connectivity index (χ1) is 15.3. The molecule has 1 aliphatic heterocycles. The van der Waals surface area contributed by atoms with Crippen LogP contribution in [0.5, 0.6) is 5.75 Å². The molecule has 1 heterocycles. The van der Waals surface area contributed by atoms with Crippen molar-refractivity contribution in [3.63, 3.8) is 0 Å². The lowest BCUT2D eigenvalue weighted by molar-refractivity contribution is -0.384. The Hall–Kier alpha value is -3.50. The number of ether oxygens (including phenoxy) is 1. The number of nitro groups is 1. The summed E-state index contributed by atoms with van der Waals surface area (Å²) < 4.78 is 32.5. The third kappa shape index (κ3) is 4.56. The fraction of sp³-hybridized carbons (Fsp3) is 0.227. The highest BCUT2D eigenvalue weighted by Crippen LogP contribution is 2.22. The molecule has 1 saturated heterocycles. The Bertz CT molecular complexity index is 1250. The van der Waals surface area contributed by atoms with Crippen molar-refractivity contribution >= 4 is 32.4 Å². The number of sulfonamides is 1. The molecule has 10 heteroatoms. The van der Waals surface area contributed by atoms with Crippen LogP contribution in [0, 0.1) is 10.1 Å². The molecule has 0 bridgehead atoms. The lowest BCUT2D eigenvalue weighted by atomic mass is 10.1. The van der Waals surface area contributed by atoms with Gasteiger partial charge in [-0.3, -0.25) is 14.9 Å². The largest absolute Gasteiger partial charge is 0.484 e. The van der Waals surface area contributed by atoms with Crippen LogP contribution in [-0.4, -0.2) is 61.2 Å². The average molecular weight is 455 g/mol. The molecule has 1 fully saturated rings. The number of rotatable bonds is 6. The first-order valence-corrected chi connectivity index (χ1v) is 11.4. The first-order valence-electron chi connectivity index (χ1n) is 9.98. The second-order valence-electron chi connectivity index (χ2n) is 7.33. The third-order valence-electron chi connectivity index (χ3n) is 5.36. The summed E-state index contributed by atoms with van der Waals surface area (Å²) in [6.45, 7) is 0.633. The lowest BCUT2D eigenvalue weighted by Crippen LogP contribution is -2.51. The monoisotopic (exact) mass is 455 g/mol. The topological polar surface area (TPSA) is 110 Å². The standard InChI is InChI=1S/C22H21N3O6S/c26-22(16-31-20-8-5-17-3-1-2-4-18(17)15-20)23-11-13-24(14-12-23)32(29,30)21-9-6-19(7-10-21)25(27)28/h1-10,15H,11-14,16H2. The summed E-state index contributed by atoms with van der Waals surface area (Å²) >= 11 is 0. The van der Waals surface area contributed by atoms with Gasteiger partial charge in [0.05, 0.1) is 9.82 Å². The maximum atomic E-state index is 12.8. The summed E-state index contributed by atoms with van der Waals surface area (Å²) in [5, 5.41) is 12.9. The minimum absolute atomic E-state index is 0.0116. The molecular weight excluding hydrogens is 434 g/mol. The normalized spacial score (nSPS) is 14.9. The number of piperazine rings is 1. The van der Waals surface area contributed by atoms with E-state index in [-0.39, 0.29) is 49.3 Å². The second kappa shape index (κ2) is 8.93. The van der Waals surface area contributed by atoms with Gasteiger partial charge < -0.3 is 9.64 Å². The van der Waals surface area contributed by atoms with Crippen molar-refractivity contribution in [2.45, 2.75) is 4.90 Å². The molecule has 4 rings (SSSR count). The molecule has 0 atom stereocenters. The van der Waals surface area contributed by atoms with Crippen LogP contribution in [0.3, 0.4) is 0 Å². The molecule has 1 aliphatic rings. The van der Waals surface area contributed by atoms with Crippen molar-refractivity contribution in [3.05, 3.63) is 76.8 Å². The Morgan fingerprint density at radius 1 is 0.938 bits per heavy atom. The van der Waals surface area contributed by atoms with Gasteiger partial charge >= 0.3 is 0 Å². The molecule has 0 aromatic heterocycles. The smallest absolute Gasteiger partial charge is 0.269 e. The van der Waals surface area contributed by atoms with E-state index in [1.54, 1.807) is 4.90 Å². The van der Waals surface area contributed by atoms with E-state index in [4.69, 9.17) is 4.74 Å². The number of hydrogen-bond donors (Lipinski definition) is 0. The third-order valence-corrected chi connectivity index (χ3v) is 7.27. The number of benzene rings is 3. The Morgan fingerprint density at radius 3 is 2.25 bits per heavy atom. The number of amides is 1. The maximum Gasteiger partial charge on any atom is 0.269 e. The highest BCUT2D eigenvalue weighted by Gasteiger charge is 2.30. The molecule has 0 spiro atoms. The Morgan fingerprint density at radius 2 is 1.59 bits per heavy atom. The molecule has 0 unspecified atom stereocenters. The predicted molar refractivity (Wildman–Crippen MR) is 118 cm³/mol. The molecule has 3 aromatic carbocycles. The van der Waals surface area contributed by atoms with E-state index >= 15 is 0 Å². The number of nitrogens with zero attached hydrogens (tertiary/aromatic N) is 3. The van der Waals surface area contributed by atoms with Crippen LogP contribution in [0.25, 0.3) is 10.8 Å². The van der Waals surface area contributed by atoms with E-state index in [1.807, 2.05) is 42.5 Å². The fourth-order valence-corrected chi connectivity index (χ4v) is 4.98. The zero-order valence-corrected chi connectivity index (χ0v) is 17.9. The summed E-state index contributed by atoms with van der Waals surface area (Å²) in [6, 6.07) is 18.2. The summed E-state index contributed by atoms with van der Waals surface area (Å²) in [5.41, 5.74) is -0.175. The molecular formula is C22H21N3O6S. The Kier molecular flexibility index (Phi) is 6.06. The van der Waals surface area contributed by atoms with Crippen LogP contribution in [0.4, 0.5) is 5.69 Å². The maximum absolute atomic E-state index is 12.8. The van der Waals surface area contributed by atoms with Crippen molar-refractivity contribution in [3.8, 4) is 5.75 Å². The lowest BCUT2D eigenvalue weighted by Gasteiger charge is -2.33. The van der Waals surface area contributed by atoms with Gasteiger partial charge in [0.1, 0.15) is 5.75 Å². The van der Waals surface area contributed by atoms with Crippen molar-refractivity contribution in [1.82, 2.24) is 9.21 Å². The molecule has 0 radical (unpaired) electrons. The van der Waals surface area contributed by atoms with E-state index < -0.39 is 14.9 Å². The number of carbonyl (C=O) groups excluding carboxylic acids is 1. The average Bonchev–Trinajstić information content (AvgIpc) is 2.82. The van der Waals surface area contributed by atoms with Crippen LogP contribution in [0.15, 0.2) is 71.6 Å². The second-order valence-corrected chi connectivity index (χ2v) is 9.27. The Labute approximate surface area is 185 Å². The van der Waals surface area contributed by atoms with E-state index in [0.29, 0.717) is 5.75 Å². The zero-order valence-electron chi connectivity index (χ0n) is 17.1. The van der Waals surface area contributed by atoms with Crippen LogP contribution in [0.2, 0.25) is 0 Å². The van der Waals surface area contributed by atoms with Crippen LogP contribution >= 0.6 is 0 Å². The summed E-state index contributed by atoms with van der Waals surface area (Å²) in [7, 11) is -3.79. The molecule has 0 saturated carbocycles. The molecule has 166 valence electrons. The van der Waals surface area contributed by atoms with Gasteiger partial charge in [-0.05, 0) is 35.0 Å². The number of non-ortho nitro benzene ring substituents is 1. The van der Waals surface area contributed by atoms with Gasteiger partial charge in [0.2, 0.25) is 10.0 Å². The van der Waals surface area contributed by atoms with Gasteiger partial charge in [-0.25, -0.2) is 8.42 Å². The fourth-order valence-electron chi connectivity index (χ4n) is 3.56. The van der Waals surface area contributed by atoms with Crippen molar-refractivity contribution < 1.29 is 22.9 Å². The molecule has 3 aromatic rings. The quantitative estimate of drug-likeness (QED) is 0.417. The van der Waals surface area contributed by atoms with E-state index in [0.717, 1.165) is 22.9 Å². The number of hydrogen-bond acceptors (Lipinski definition) is 6. The van der Waals surface area contributed by atoms with Crippen LogP contribution in [0.1, 0.15) is 0 Å². The van der Waals surface area contributed by atoms with Crippen molar-refractivity contribution in [2.24, 2.45) is 0 Å². The van der Waals surface area contributed by atoms with Gasteiger partial charge in [-0.2, -0.15) is 4.31 Å². The summed E-state index contributed by atoms with van der Waals surface area (Å²) in [4.78, 5) is 24.3. The zero-order chi connectivity index (χ0) is 22.7. The Balaban J connectivity index is 1.33. The number of nitro benzene ring substituents is 1. The highest BCUT2D eigenvalue weighted by molar-refractivity contribution is 7.89. The number of fused-ring (bicyclic) bond motifs is 1. The van der Waals surface area contributed by atoms with Gasteiger partial charge in [0.15, 0.2) is 6.61 Å². The highest BCUT2D eigenvalue weighted by atomic mass is 32.2. The molecule has 1 amide bonds. The van der Waals surface area contributed by atoms with Crippen molar-refractivity contribution in [1.29, 1.82) is 0 Å². The molecule has 0 N–H and O–H groups in total. The summed E-state index contributed by atoms with van der Waals surface area (Å²) in [6.07, 6.45) is 0. The number of carbonyl (C=O) groups is 1. The minimum Gasteiger partial charge on any atom is -0.484 e. The summed E-state index contributed by atoms with van der Waals surface area (Å²) in [5.74, 6) is 0.377. The van der Waals surface area contributed by atoms with E-state index in [9.17, 15) is 23.3 Å². The molecule has 0 aliphatic carbocycles. The predicted octanol–water partition coefficient (Wildman–Crippen LogP) is 2.66. The van der Waals surface area contributed by atoms with Gasteiger partial charge in [-0.15, -0.1) is 0 Å². The van der Waals surface area contributed by atoms with Crippen LogP contribution < -0.4 is 4.74 Å². The SMILES string of the molecule is O=C(COc1ccc2ccccc2c1)N1CCN(S(=O)(=O)c2ccc([N+](=O)[O-])cc2)CC1. The van der Waals surface area contributed by atoms with E-state index in [2.05, 4.69) is 0 Å². The first kappa shape index (κ1) is 21.7. The van der Waals surface area contributed by atoms with Crippen molar-refractivity contribution in [2.75, 3.05) is 32.8 Å². The van der Waals surface area contributed by atoms with E-state index in [1.165, 1.54) is 16.4 Å². The van der Waals surface area contributed by atoms with Gasteiger partial charge in [0, 0.05) is 38.3 Å². The van der Waals surface area contributed by atoms with Gasteiger partial charge in [0.25, 0.3) is 11.6 Å². The minimum atomic E-state index is -3.79. The molecule has 32 heavy (non-hydrogen) atoms. The van der Waals surface area contributed by atoms with Gasteiger partial charge in [-0.1, -0.05) is 30.3 Å². The molecule has 9 nitrogen and oxygen atoms in total. The van der Waals surface area contributed by atoms with Crippen LogP contribution in [-0.2, 0) is 14.8 Å².